The minimum atomic E-state index is -4.71. The van der Waals surface area contributed by atoms with Gasteiger partial charge in [0.15, 0.2) is 6.04 Å². The lowest BCUT2D eigenvalue weighted by molar-refractivity contribution is -0.141. The summed E-state index contributed by atoms with van der Waals surface area (Å²) in [5.74, 6) is 0.517. The molecule has 9 atom stereocenters. The molecule has 0 saturated heterocycles. The molecule has 3 fully saturated rings. The van der Waals surface area contributed by atoms with Gasteiger partial charge in [-0.1, -0.05) is 75.2 Å². The molecule has 5 unspecified atom stereocenters. The molecule has 0 heterocycles. The summed E-state index contributed by atoms with van der Waals surface area (Å²) in [6.07, 6.45) is 11.4. The summed E-state index contributed by atoms with van der Waals surface area (Å²) < 4.78 is 39.1. The van der Waals surface area contributed by atoms with Crippen molar-refractivity contribution in [1.82, 2.24) is 5.32 Å². The zero-order chi connectivity index (χ0) is 32.7. The summed E-state index contributed by atoms with van der Waals surface area (Å²) in [5, 5.41) is 12.3. The van der Waals surface area contributed by atoms with Gasteiger partial charge < -0.3 is 15.0 Å². The van der Waals surface area contributed by atoms with E-state index in [0.717, 1.165) is 51.4 Å². The summed E-state index contributed by atoms with van der Waals surface area (Å²) in [6.45, 7) is 11.1. The first kappa shape index (κ1) is 33.9. The van der Waals surface area contributed by atoms with Crippen LogP contribution in [0.5, 0.6) is 0 Å². The van der Waals surface area contributed by atoms with Crippen LogP contribution >= 0.6 is 0 Å². The van der Waals surface area contributed by atoms with Gasteiger partial charge in [0.05, 0.1) is 6.10 Å². The van der Waals surface area contributed by atoms with Gasteiger partial charge in [-0.2, -0.15) is 0 Å². The van der Waals surface area contributed by atoms with Crippen LogP contribution in [0.25, 0.3) is 0 Å². The number of hydrogen-bond donors (Lipinski definition) is 2. The molecular weight excluding hydrogens is 590 g/mol. The van der Waals surface area contributed by atoms with Gasteiger partial charge in [0, 0.05) is 5.57 Å². The van der Waals surface area contributed by atoms with Crippen molar-refractivity contribution in [3.63, 3.8) is 0 Å². The number of rotatable bonds is 10. The van der Waals surface area contributed by atoms with Crippen LogP contribution in [-0.4, -0.2) is 36.1 Å². The van der Waals surface area contributed by atoms with Crippen LogP contribution < -0.4 is 5.32 Å². The molecule has 0 bridgehead atoms. The monoisotopic (exact) mass is 640 g/mol. The Balaban J connectivity index is 1.22. The number of allylic oxidation sites excluding steroid dienone is 3. The van der Waals surface area contributed by atoms with E-state index in [9.17, 15) is 27.7 Å². The van der Waals surface area contributed by atoms with Crippen LogP contribution in [0.1, 0.15) is 110 Å². The molecule has 8 nitrogen and oxygen atoms in total. The Morgan fingerprint density at radius 1 is 1.11 bits per heavy atom. The molecular formula is C36H50NO7S-. The van der Waals surface area contributed by atoms with Gasteiger partial charge in [0.2, 0.25) is 16.3 Å². The highest BCUT2D eigenvalue weighted by Crippen LogP contribution is 2.66. The smallest absolute Gasteiger partial charge is 0.330 e. The first-order valence-corrected chi connectivity index (χ1v) is 18.1. The molecule has 0 radical (unpaired) electrons. The maximum absolute atomic E-state index is 12.9. The van der Waals surface area contributed by atoms with Crippen LogP contribution in [0.2, 0.25) is 0 Å². The Hall–Kier alpha value is -2.49. The summed E-state index contributed by atoms with van der Waals surface area (Å²) in [5.41, 5.74) is 4.70. The van der Waals surface area contributed by atoms with Crippen LogP contribution in [0.15, 0.2) is 53.1 Å². The molecule has 9 heteroatoms. The number of carbonyl (C=O) groups is 2. The van der Waals surface area contributed by atoms with Gasteiger partial charge in [-0.05, 0) is 117 Å². The Morgan fingerprint density at radius 3 is 2.49 bits per heavy atom. The SMILES string of the molecule is C/C(=C\CCC(C)[C@H]1CCC2=C3CCC4C(C)[C@@H](OS(=O)(=O)[O-])CC[C@]4(C)C3CC[C@@]21C)C(=O)NC(C(=O)O)c1ccccc1. The third-order valence-electron chi connectivity index (χ3n) is 12.5. The molecule has 0 spiro atoms. The molecule has 2 N–H and O–H groups in total. The van der Waals surface area contributed by atoms with Gasteiger partial charge >= 0.3 is 5.97 Å². The Morgan fingerprint density at radius 2 is 1.82 bits per heavy atom. The van der Waals surface area contributed by atoms with E-state index in [1.807, 2.05) is 12.1 Å². The average molecular weight is 641 g/mol. The number of carboxylic acids is 1. The molecule has 1 aromatic carbocycles. The number of fused-ring (bicyclic) bond motifs is 4. The molecule has 4 aliphatic carbocycles. The van der Waals surface area contributed by atoms with E-state index in [-0.39, 0.29) is 22.7 Å². The van der Waals surface area contributed by atoms with Crippen LogP contribution in [0.3, 0.4) is 0 Å². The lowest BCUT2D eigenvalue weighted by atomic mass is 9.47. The van der Waals surface area contributed by atoms with E-state index in [1.165, 1.54) is 6.42 Å². The zero-order valence-corrected chi connectivity index (χ0v) is 28.2. The number of aliphatic carboxylic acids is 1. The number of nitrogens with one attached hydrogen (secondary N) is 1. The summed E-state index contributed by atoms with van der Waals surface area (Å²) >= 11 is 0. The maximum atomic E-state index is 12.9. The maximum Gasteiger partial charge on any atom is 0.330 e. The van der Waals surface area contributed by atoms with Crippen LogP contribution in [0, 0.1) is 40.4 Å². The van der Waals surface area contributed by atoms with Crippen molar-refractivity contribution in [3.8, 4) is 0 Å². The first-order chi connectivity index (χ1) is 21.2. The Labute approximate surface area is 269 Å². The highest BCUT2D eigenvalue weighted by molar-refractivity contribution is 7.80. The number of carbonyl (C=O) groups excluding carboxylic acids is 1. The fraction of sp³-hybridized carbons (Fsp3) is 0.667. The van der Waals surface area contributed by atoms with E-state index in [2.05, 4.69) is 33.0 Å². The highest BCUT2D eigenvalue weighted by Gasteiger charge is 2.57. The summed E-state index contributed by atoms with van der Waals surface area (Å²) in [4.78, 5) is 24.7. The molecule has 0 aromatic heterocycles. The molecule has 1 aromatic rings. The lowest BCUT2D eigenvalue weighted by Crippen LogP contribution is -2.52. The second-order valence-corrected chi connectivity index (χ2v) is 15.9. The van der Waals surface area contributed by atoms with E-state index < -0.39 is 28.5 Å². The molecule has 5 rings (SSSR count). The number of benzene rings is 1. The molecule has 3 saturated carbocycles. The Bertz CT molecular complexity index is 1450. The number of amides is 1. The van der Waals surface area contributed by atoms with E-state index in [1.54, 1.807) is 42.3 Å². The minimum Gasteiger partial charge on any atom is -0.726 e. The lowest BCUT2D eigenvalue weighted by Gasteiger charge is -2.59. The summed E-state index contributed by atoms with van der Waals surface area (Å²) in [6, 6.07) is 7.67. The zero-order valence-electron chi connectivity index (χ0n) is 27.4. The predicted molar refractivity (Wildman–Crippen MR) is 171 cm³/mol. The molecule has 45 heavy (non-hydrogen) atoms. The van der Waals surface area contributed by atoms with Crippen molar-refractivity contribution in [2.75, 3.05) is 0 Å². The standard InChI is InChI=1S/C36H51NO7S/c1-22(10-9-11-23(2)33(38)37-32(34(39)40)25-12-7-6-8-13-25)27-16-17-29-26-14-15-28-24(3)31(44-45(41,42)43)19-21-36(28,5)30(26)18-20-35(27,29)4/h6-8,11-13,22,24,27-28,30-32H,9-10,14-21H2,1-5H3,(H,37,38)(H,39,40)(H,41,42,43)/p-1/b23-11+/t22?,24?,27-,28?,30?,31+,32?,35-,36+/m1/s1. The first-order valence-electron chi connectivity index (χ1n) is 16.8. The average Bonchev–Trinajstić information content (AvgIpc) is 3.34. The Kier molecular flexibility index (Phi) is 9.75. The normalized spacial score (nSPS) is 34.7. The van der Waals surface area contributed by atoms with Crippen LogP contribution in [-0.2, 0) is 24.2 Å². The van der Waals surface area contributed by atoms with Gasteiger partial charge in [-0.3, -0.25) is 8.98 Å². The van der Waals surface area contributed by atoms with Crippen molar-refractivity contribution < 1.29 is 31.8 Å². The van der Waals surface area contributed by atoms with Crippen molar-refractivity contribution in [2.45, 2.75) is 111 Å². The van der Waals surface area contributed by atoms with E-state index in [0.29, 0.717) is 41.2 Å². The second kappa shape index (κ2) is 13.0. The largest absolute Gasteiger partial charge is 0.726 e. The van der Waals surface area contributed by atoms with Gasteiger partial charge in [0.25, 0.3) is 0 Å². The van der Waals surface area contributed by atoms with Crippen molar-refractivity contribution in [1.29, 1.82) is 0 Å². The number of carboxylic acid groups (broad SMARTS) is 1. The second-order valence-electron chi connectivity index (χ2n) is 14.8. The quantitative estimate of drug-likeness (QED) is 0.121. The minimum absolute atomic E-state index is 0.0376. The van der Waals surface area contributed by atoms with Gasteiger partial charge in [-0.25, -0.2) is 13.2 Å². The van der Waals surface area contributed by atoms with Gasteiger partial charge in [-0.15, -0.1) is 0 Å². The fourth-order valence-electron chi connectivity index (χ4n) is 10.2. The highest BCUT2D eigenvalue weighted by atomic mass is 32.3. The summed E-state index contributed by atoms with van der Waals surface area (Å²) in [7, 11) is -4.71. The topological polar surface area (TPSA) is 133 Å². The predicted octanol–water partition coefficient (Wildman–Crippen LogP) is 7.11. The number of hydrogen-bond acceptors (Lipinski definition) is 6. The van der Waals surface area contributed by atoms with E-state index in [4.69, 9.17) is 4.18 Å². The third kappa shape index (κ3) is 6.68. The van der Waals surface area contributed by atoms with Crippen molar-refractivity contribution in [2.24, 2.45) is 40.4 Å². The molecule has 0 aliphatic heterocycles. The van der Waals surface area contributed by atoms with Crippen molar-refractivity contribution in [3.05, 3.63) is 58.7 Å². The molecule has 1 amide bonds. The molecule has 4 aliphatic rings. The fourth-order valence-corrected chi connectivity index (χ4v) is 10.8. The van der Waals surface area contributed by atoms with Gasteiger partial charge in [0.1, 0.15) is 0 Å². The molecule has 248 valence electrons. The van der Waals surface area contributed by atoms with E-state index >= 15 is 0 Å². The third-order valence-corrected chi connectivity index (χ3v) is 13.0. The van der Waals surface area contributed by atoms with Crippen LogP contribution in [0.4, 0.5) is 0 Å². The van der Waals surface area contributed by atoms with Crippen molar-refractivity contribution >= 4 is 22.3 Å².